The SMILES string of the molecule is COc1cc(Nc2nc3ccccc3nc2NS(=O)(=O)c2cccc(NC(=O)C3(C4=CCCC=C4)CC3)c2)cc(OC)c1. The number of benzene rings is 3. The summed E-state index contributed by atoms with van der Waals surface area (Å²) >= 11 is 0. The highest BCUT2D eigenvalue weighted by atomic mass is 32.2. The largest absolute Gasteiger partial charge is 0.497 e. The van der Waals surface area contributed by atoms with Crippen molar-refractivity contribution in [2.45, 2.75) is 30.6 Å². The first kappa shape index (κ1) is 28.2. The molecule has 220 valence electrons. The van der Waals surface area contributed by atoms with Gasteiger partial charge in [0.15, 0.2) is 11.6 Å². The van der Waals surface area contributed by atoms with Crippen molar-refractivity contribution >= 4 is 50.0 Å². The lowest BCUT2D eigenvalue weighted by Crippen LogP contribution is -2.26. The molecule has 0 aliphatic heterocycles. The fourth-order valence-corrected chi connectivity index (χ4v) is 6.15. The average Bonchev–Trinajstić information content (AvgIpc) is 3.84. The first-order chi connectivity index (χ1) is 20.8. The molecule has 1 amide bonds. The summed E-state index contributed by atoms with van der Waals surface area (Å²) in [6.07, 6.45) is 9.66. The summed E-state index contributed by atoms with van der Waals surface area (Å²) in [5, 5.41) is 6.09. The Balaban J connectivity index is 1.29. The standard InChI is InChI=1S/C32H31N5O5S/c1-41-24-17-23(18-25(20-24)42-2)33-29-30(36-28-14-7-6-13-27(28)35-29)37-43(39,40)26-12-8-11-22(19-26)34-31(38)32(15-16-32)21-9-4-3-5-10-21/h4,6-14,17-20H,3,5,15-16H2,1-2H3,(H,33,35)(H,34,38)(H,36,37). The van der Waals surface area contributed by atoms with Crippen molar-refractivity contribution < 1.29 is 22.7 Å². The second kappa shape index (κ2) is 11.4. The number of allylic oxidation sites excluding steroid dienone is 3. The van der Waals surface area contributed by atoms with Gasteiger partial charge in [-0.25, -0.2) is 18.4 Å². The van der Waals surface area contributed by atoms with E-state index in [2.05, 4.69) is 37.5 Å². The number of carbonyl (C=O) groups is 1. The lowest BCUT2D eigenvalue weighted by atomic mass is 9.90. The first-order valence-corrected chi connectivity index (χ1v) is 15.4. The summed E-state index contributed by atoms with van der Waals surface area (Å²) in [4.78, 5) is 22.5. The van der Waals surface area contributed by atoms with E-state index < -0.39 is 15.4 Å². The molecule has 1 fully saturated rings. The minimum absolute atomic E-state index is 0.00267. The van der Waals surface area contributed by atoms with E-state index in [4.69, 9.17) is 9.47 Å². The van der Waals surface area contributed by atoms with E-state index >= 15 is 0 Å². The summed E-state index contributed by atoms with van der Waals surface area (Å²) in [5.41, 5.74) is 2.52. The molecule has 2 aliphatic carbocycles. The Morgan fingerprint density at radius 3 is 2.16 bits per heavy atom. The van der Waals surface area contributed by atoms with Crippen molar-refractivity contribution in [1.82, 2.24) is 9.97 Å². The molecular weight excluding hydrogens is 566 g/mol. The summed E-state index contributed by atoms with van der Waals surface area (Å²) in [6.45, 7) is 0. The summed E-state index contributed by atoms with van der Waals surface area (Å²) in [6, 6.07) is 18.5. The van der Waals surface area contributed by atoms with Crippen LogP contribution in [0.5, 0.6) is 11.5 Å². The molecule has 0 spiro atoms. The molecule has 1 heterocycles. The Hall–Kier alpha value is -4.90. The molecule has 43 heavy (non-hydrogen) atoms. The van der Waals surface area contributed by atoms with Gasteiger partial charge in [-0.3, -0.25) is 9.52 Å². The Kier molecular flexibility index (Phi) is 7.49. The molecule has 0 atom stereocenters. The lowest BCUT2D eigenvalue weighted by molar-refractivity contribution is -0.119. The first-order valence-electron chi connectivity index (χ1n) is 13.9. The summed E-state index contributed by atoms with van der Waals surface area (Å²) in [7, 11) is -1.05. The van der Waals surface area contributed by atoms with Crippen molar-refractivity contribution in [1.29, 1.82) is 0 Å². The maximum atomic E-state index is 13.7. The number of hydrogen-bond donors (Lipinski definition) is 3. The number of hydrogen-bond acceptors (Lipinski definition) is 8. The minimum Gasteiger partial charge on any atom is -0.497 e. The van der Waals surface area contributed by atoms with Crippen LogP contribution in [0.15, 0.2) is 95.4 Å². The van der Waals surface area contributed by atoms with Gasteiger partial charge < -0.3 is 20.1 Å². The van der Waals surface area contributed by atoms with Crippen LogP contribution in [0, 0.1) is 5.41 Å². The van der Waals surface area contributed by atoms with Crippen LogP contribution in [-0.2, 0) is 14.8 Å². The predicted molar refractivity (Wildman–Crippen MR) is 166 cm³/mol. The highest BCUT2D eigenvalue weighted by molar-refractivity contribution is 7.92. The van der Waals surface area contributed by atoms with Gasteiger partial charge in [0.2, 0.25) is 5.91 Å². The number of anilines is 4. The predicted octanol–water partition coefficient (Wildman–Crippen LogP) is 6.19. The number of nitrogens with zero attached hydrogens (tertiary/aromatic N) is 2. The number of para-hydroxylation sites is 2. The van der Waals surface area contributed by atoms with E-state index in [1.165, 1.54) is 12.1 Å². The van der Waals surface area contributed by atoms with E-state index in [1.54, 1.807) is 62.8 Å². The Morgan fingerprint density at radius 1 is 0.837 bits per heavy atom. The highest BCUT2D eigenvalue weighted by Crippen LogP contribution is 2.54. The van der Waals surface area contributed by atoms with Crippen LogP contribution in [-0.4, -0.2) is 38.5 Å². The van der Waals surface area contributed by atoms with Gasteiger partial charge in [-0.2, -0.15) is 0 Å². The van der Waals surface area contributed by atoms with Gasteiger partial charge in [0.25, 0.3) is 10.0 Å². The molecule has 1 aromatic heterocycles. The topological polar surface area (TPSA) is 132 Å². The number of amides is 1. The highest BCUT2D eigenvalue weighted by Gasteiger charge is 2.52. The second-order valence-electron chi connectivity index (χ2n) is 10.4. The quantitative estimate of drug-likeness (QED) is 0.197. The number of nitrogens with one attached hydrogen (secondary N) is 3. The molecule has 3 aromatic carbocycles. The third-order valence-electron chi connectivity index (χ3n) is 7.55. The zero-order valence-electron chi connectivity index (χ0n) is 23.8. The number of carbonyl (C=O) groups excluding carboxylic acids is 1. The Labute approximate surface area is 249 Å². The molecule has 10 nitrogen and oxygen atoms in total. The second-order valence-corrected chi connectivity index (χ2v) is 12.1. The monoisotopic (exact) mass is 597 g/mol. The van der Waals surface area contributed by atoms with Gasteiger partial charge in [0.05, 0.1) is 35.6 Å². The van der Waals surface area contributed by atoms with E-state index in [0.717, 1.165) is 31.3 Å². The van der Waals surface area contributed by atoms with Crippen LogP contribution in [0.1, 0.15) is 25.7 Å². The van der Waals surface area contributed by atoms with Crippen LogP contribution in [0.4, 0.5) is 23.0 Å². The normalized spacial score (nSPS) is 15.3. The average molecular weight is 598 g/mol. The molecule has 0 saturated heterocycles. The third-order valence-corrected chi connectivity index (χ3v) is 8.89. The number of fused-ring (bicyclic) bond motifs is 1. The molecule has 0 bridgehead atoms. The van der Waals surface area contributed by atoms with Crippen LogP contribution in [0.3, 0.4) is 0 Å². The fraction of sp³-hybridized carbons (Fsp3) is 0.219. The van der Waals surface area contributed by atoms with Gasteiger partial charge >= 0.3 is 0 Å². The number of aromatic nitrogens is 2. The molecule has 4 aromatic rings. The van der Waals surface area contributed by atoms with E-state index in [1.807, 2.05) is 12.1 Å². The number of sulfonamides is 1. The van der Waals surface area contributed by atoms with Crippen molar-refractivity contribution in [3.63, 3.8) is 0 Å². The number of rotatable bonds is 10. The number of methoxy groups -OCH3 is 2. The van der Waals surface area contributed by atoms with Gasteiger partial charge in [0.1, 0.15) is 11.5 Å². The van der Waals surface area contributed by atoms with Crippen molar-refractivity contribution in [3.8, 4) is 11.5 Å². The lowest BCUT2D eigenvalue weighted by Gasteiger charge is -2.19. The molecule has 11 heteroatoms. The van der Waals surface area contributed by atoms with Gasteiger partial charge in [-0.1, -0.05) is 36.4 Å². The molecule has 6 rings (SSSR count). The van der Waals surface area contributed by atoms with Gasteiger partial charge in [0, 0.05) is 29.6 Å². The van der Waals surface area contributed by atoms with E-state index in [9.17, 15) is 13.2 Å². The molecule has 3 N–H and O–H groups in total. The molecular formula is C32H31N5O5S. The van der Waals surface area contributed by atoms with Crippen molar-refractivity contribution in [2.24, 2.45) is 5.41 Å². The Bertz CT molecular complexity index is 1860. The van der Waals surface area contributed by atoms with Crippen molar-refractivity contribution in [3.05, 3.63) is 90.5 Å². The van der Waals surface area contributed by atoms with Crippen LogP contribution < -0.4 is 24.8 Å². The van der Waals surface area contributed by atoms with E-state index in [0.29, 0.717) is 33.9 Å². The third kappa shape index (κ3) is 5.89. The molecule has 0 unspecified atom stereocenters. The minimum atomic E-state index is -4.14. The van der Waals surface area contributed by atoms with Gasteiger partial charge in [-0.15, -0.1) is 0 Å². The van der Waals surface area contributed by atoms with E-state index in [-0.39, 0.29) is 22.4 Å². The maximum absolute atomic E-state index is 13.7. The molecule has 0 radical (unpaired) electrons. The zero-order chi connectivity index (χ0) is 30.0. The fourth-order valence-electron chi connectivity index (χ4n) is 5.09. The Morgan fingerprint density at radius 2 is 1.53 bits per heavy atom. The molecule has 1 saturated carbocycles. The van der Waals surface area contributed by atoms with Crippen molar-refractivity contribution in [2.75, 3.05) is 29.6 Å². The van der Waals surface area contributed by atoms with Crippen LogP contribution in [0.25, 0.3) is 11.0 Å². The zero-order valence-corrected chi connectivity index (χ0v) is 24.6. The van der Waals surface area contributed by atoms with Crippen LogP contribution in [0.2, 0.25) is 0 Å². The summed E-state index contributed by atoms with van der Waals surface area (Å²) in [5.74, 6) is 1.14. The van der Waals surface area contributed by atoms with Gasteiger partial charge in [-0.05, 0) is 61.6 Å². The number of ether oxygens (including phenoxy) is 2. The maximum Gasteiger partial charge on any atom is 0.263 e. The molecule has 2 aliphatic rings. The van der Waals surface area contributed by atoms with Crippen LogP contribution >= 0.6 is 0 Å². The summed E-state index contributed by atoms with van der Waals surface area (Å²) < 4.78 is 40.6. The smallest absolute Gasteiger partial charge is 0.263 e.